The van der Waals surface area contributed by atoms with Crippen LogP contribution in [0.5, 0.6) is 11.5 Å². The predicted molar refractivity (Wildman–Crippen MR) is 70.1 cm³/mol. The summed E-state index contributed by atoms with van der Waals surface area (Å²) in [4.78, 5) is 11.6. The quantitative estimate of drug-likeness (QED) is 0.891. The summed E-state index contributed by atoms with van der Waals surface area (Å²) in [7, 11) is 1.34. The lowest BCUT2D eigenvalue weighted by Crippen LogP contribution is -2.34. The highest BCUT2D eigenvalue weighted by Gasteiger charge is 2.47. The fraction of sp³-hybridized carbons (Fsp3) is 0.462. The van der Waals surface area contributed by atoms with Crippen LogP contribution in [0.1, 0.15) is 31.2 Å². The van der Waals surface area contributed by atoms with Gasteiger partial charge in [-0.05, 0) is 28.8 Å². The third kappa shape index (κ3) is 2.08. The zero-order valence-electron chi connectivity index (χ0n) is 10.4. The van der Waals surface area contributed by atoms with Crippen molar-refractivity contribution in [1.29, 1.82) is 0 Å². The van der Waals surface area contributed by atoms with Crippen LogP contribution in [-0.4, -0.2) is 23.3 Å². The van der Waals surface area contributed by atoms with Gasteiger partial charge in [0.25, 0.3) is 0 Å². The second-order valence-electron chi connectivity index (χ2n) is 4.69. The van der Waals surface area contributed by atoms with Crippen LogP contribution in [0.4, 0.5) is 4.39 Å². The monoisotopic (exact) mass is 332 g/mol. The van der Waals surface area contributed by atoms with Crippen LogP contribution in [0.3, 0.4) is 0 Å². The molecule has 0 aliphatic heterocycles. The van der Waals surface area contributed by atoms with Crippen LogP contribution >= 0.6 is 15.9 Å². The normalized spacial score (nSPS) is 17.4. The Morgan fingerprint density at radius 1 is 1.47 bits per heavy atom. The molecule has 1 aromatic carbocycles. The van der Waals surface area contributed by atoms with Crippen molar-refractivity contribution >= 4 is 21.9 Å². The number of carboxylic acid groups (broad SMARTS) is 1. The number of aliphatic carboxylic acids is 1. The van der Waals surface area contributed by atoms with Gasteiger partial charge in [-0.25, -0.2) is 4.39 Å². The Morgan fingerprint density at radius 3 is 2.53 bits per heavy atom. The van der Waals surface area contributed by atoms with E-state index in [1.54, 1.807) is 0 Å². The fourth-order valence-corrected chi connectivity index (χ4v) is 3.14. The van der Waals surface area contributed by atoms with Gasteiger partial charge < -0.3 is 14.9 Å². The number of halogens is 2. The molecule has 1 saturated carbocycles. The molecule has 0 radical (unpaired) electrons. The second kappa shape index (κ2) is 5.00. The second-order valence-corrected chi connectivity index (χ2v) is 5.55. The largest absolute Gasteiger partial charge is 0.504 e. The first-order valence-corrected chi connectivity index (χ1v) is 6.72. The Labute approximate surface area is 118 Å². The van der Waals surface area contributed by atoms with Gasteiger partial charge in [0.1, 0.15) is 5.82 Å². The molecule has 0 spiro atoms. The standard InChI is InChI=1S/C13H14BrFO4/c1-19-8-6-7(14)10(15)9(11(8)16)13(12(17)18)4-2-3-5-13/h6,16H,2-5H2,1H3,(H,17,18). The molecule has 1 aliphatic carbocycles. The average Bonchev–Trinajstić information content (AvgIpc) is 2.84. The Bertz CT molecular complexity index is 524. The maximum Gasteiger partial charge on any atom is 0.314 e. The van der Waals surface area contributed by atoms with Crippen molar-refractivity contribution < 1.29 is 24.1 Å². The van der Waals surface area contributed by atoms with Crippen LogP contribution in [0.2, 0.25) is 0 Å². The lowest BCUT2D eigenvalue weighted by atomic mass is 9.78. The molecule has 104 valence electrons. The Kier molecular flexibility index (Phi) is 3.71. The zero-order chi connectivity index (χ0) is 14.2. The summed E-state index contributed by atoms with van der Waals surface area (Å²) >= 11 is 3.03. The first-order chi connectivity index (χ1) is 8.94. The molecule has 4 nitrogen and oxygen atoms in total. The molecule has 2 N–H and O–H groups in total. The molecule has 0 aromatic heterocycles. The third-order valence-corrected chi connectivity index (χ3v) is 4.30. The lowest BCUT2D eigenvalue weighted by Gasteiger charge is -2.26. The zero-order valence-corrected chi connectivity index (χ0v) is 12.0. The van der Waals surface area contributed by atoms with Gasteiger partial charge in [0.05, 0.1) is 22.6 Å². The maximum absolute atomic E-state index is 14.3. The third-order valence-electron chi connectivity index (χ3n) is 3.72. The van der Waals surface area contributed by atoms with E-state index in [1.807, 2.05) is 0 Å². The molecule has 0 unspecified atom stereocenters. The first-order valence-electron chi connectivity index (χ1n) is 5.93. The van der Waals surface area contributed by atoms with Crippen molar-refractivity contribution in [3.63, 3.8) is 0 Å². The topological polar surface area (TPSA) is 66.8 Å². The van der Waals surface area contributed by atoms with Gasteiger partial charge in [-0.15, -0.1) is 0 Å². The molecule has 6 heteroatoms. The van der Waals surface area contributed by atoms with E-state index < -0.39 is 23.0 Å². The molecular formula is C13H14BrFO4. The first kappa shape index (κ1) is 14.1. The number of methoxy groups -OCH3 is 1. The van der Waals surface area contributed by atoms with E-state index in [0.29, 0.717) is 25.7 Å². The number of aromatic hydroxyl groups is 1. The number of hydrogen-bond donors (Lipinski definition) is 2. The van der Waals surface area contributed by atoms with Crippen molar-refractivity contribution in [3.05, 3.63) is 21.9 Å². The Morgan fingerprint density at radius 2 is 2.05 bits per heavy atom. The van der Waals surface area contributed by atoms with E-state index in [-0.39, 0.29) is 15.8 Å². The minimum Gasteiger partial charge on any atom is -0.504 e. The number of hydrogen-bond acceptors (Lipinski definition) is 3. The van der Waals surface area contributed by atoms with E-state index in [4.69, 9.17) is 4.74 Å². The van der Waals surface area contributed by atoms with Gasteiger partial charge in [0.2, 0.25) is 0 Å². The summed E-state index contributed by atoms with van der Waals surface area (Å²) in [6, 6.07) is 1.29. The molecule has 1 aliphatic rings. The summed E-state index contributed by atoms with van der Waals surface area (Å²) in [5.41, 5.74) is -1.55. The minimum atomic E-state index is -1.37. The van der Waals surface area contributed by atoms with Crippen LogP contribution in [-0.2, 0) is 10.2 Å². The van der Waals surface area contributed by atoms with Gasteiger partial charge in [-0.3, -0.25) is 4.79 Å². The predicted octanol–water partition coefficient (Wildman–Crippen LogP) is 3.20. The van der Waals surface area contributed by atoms with Crippen molar-refractivity contribution in [3.8, 4) is 11.5 Å². The summed E-state index contributed by atoms with van der Waals surface area (Å²) in [6.45, 7) is 0. The highest BCUT2D eigenvalue weighted by atomic mass is 79.9. The van der Waals surface area contributed by atoms with Gasteiger partial charge in [0.15, 0.2) is 11.5 Å². The minimum absolute atomic E-state index is 0.0656. The molecule has 19 heavy (non-hydrogen) atoms. The Balaban J connectivity index is 2.73. The summed E-state index contributed by atoms with van der Waals surface area (Å²) in [6.07, 6.45) is 2.01. The molecule has 1 aromatic rings. The van der Waals surface area contributed by atoms with E-state index in [2.05, 4.69) is 15.9 Å². The SMILES string of the molecule is COc1cc(Br)c(F)c(C2(C(=O)O)CCCC2)c1O. The van der Waals surface area contributed by atoms with Gasteiger partial charge in [-0.1, -0.05) is 12.8 Å². The van der Waals surface area contributed by atoms with Gasteiger partial charge >= 0.3 is 5.97 Å². The molecule has 0 saturated heterocycles. The van der Waals surface area contributed by atoms with E-state index >= 15 is 0 Å². The molecule has 0 amide bonds. The van der Waals surface area contributed by atoms with Crippen molar-refractivity contribution in [1.82, 2.24) is 0 Å². The highest BCUT2D eigenvalue weighted by molar-refractivity contribution is 9.10. The lowest BCUT2D eigenvalue weighted by molar-refractivity contribution is -0.143. The van der Waals surface area contributed by atoms with Crippen molar-refractivity contribution in [2.24, 2.45) is 0 Å². The van der Waals surface area contributed by atoms with E-state index in [0.717, 1.165) is 0 Å². The molecule has 0 heterocycles. The molecule has 1 fully saturated rings. The van der Waals surface area contributed by atoms with Gasteiger partial charge in [0, 0.05) is 6.07 Å². The molecular weight excluding hydrogens is 319 g/mol. The molecule has 0 atom stereocenters. The van der Waals surface area contributed by atoms with E-state index in [9.17, 15) is 19.4 Å². The van der Waals surface area contributed by atoms with Crippen molar-refractivity contribution in [2.75, 3.05) is 7.11 Å². The van der Waals surface area contributed by atoms with Crippen LogP contribution < -0.4 is 4.74 Å². The molecule has 0 bridgehead atoms. The number of phenols is 1. The number of carbonyl (C=O) groups is 1. The summed E-state index contributed by atoms with van der Waals surface area (Å²) in [5, 5.41) is 19.6. The van der Waals surface area contributed by atoms with Crippen LogP contribution in [0.15, 0.2) is 10.5 Å². The smallest absolute Gasteiger partial charge is 0.314 e. The maximum atomic E-state index is 14.3. The number of carboxylic acids is 1. The Hall–Kier alpha value is -1.30. The van der Waals surface area contributed by atoms with Crippen molar-refractivity contribution in [2.45, 2.75) is 31.1 Å². The van der Waals surface area contributed by atoms with Gasteiger partial charge in [-0.2, -0.15) is 0 Å². The van der Waals surface area contributed by atoms with E-state index in [1.165, 1.54) is 13.2 Å². The number of phenolic OH excluding ortho intramolecular Hbond substituents is 1. The summed E-state index contributed by atoms with van der Waals surface area (Å²) < 4.78 is 19.4. The number of rotatable bonds is 3. The number of benzene rings is 1. The summed E-state index contributed by atoms with van der Waals surface area (Å²) in [5.74, 6) is -2.20. The van der Waals surface area contributed by atoms with Crippen LogP contribution in [0, 0.1) is 5.82 Å². The van der Waals surface area contributed by atoms with Crippen LogP contribution in [0.25, 0.3) is 0 Å². The average molecular weight is 333 g/mol. The molecule has 2 rings (SSSR count). The fourth-order valence-electron chi connectivity index (χ4n) is 2.74. The highest BCUT2D eigenvalue weighted by Crippen LogP contribution is 2.50. The number of ether oxygens (including phenoxy) is 1.